The molecule has 0 spiro atoms. The molecule has 4 aromatic rings. The molecule has 145 heavy (non-hydrogen) atoms. The van der Waals surface area contributed by atoms with Crippen molar-refractivity contribution in [3.8, 4) is 11.5 Å². The minimum absolute atomic E-state index is 0.00251. The second-order valence-corrected chi connectivity index (χ2v) is 35.2. The SMILES string of the molecule is N=C(N)NCCC[C@H](NC(=O)[C@H](CS)NC(=O)[C@H](CCCNC(N)=O)NC(=O)[C@H](CCCNC(=N)N)NC(=O)[C@H](Cc1ccc(O)cc1)NC(=O)[C@@H]1CCCN1C(=O)[C@@H](CCCNC(N)=O)NC(=O)[C@H](CCCCN)NC(=O)[C@H](CCCNC(=N)N)NC(=O)[C@H](Cc1ccc(O)cc1)NC(=O)[C@H](CS)NC(=O)[C@H](Cc1ccc2ccccc2c1)NC(=O)[C@H](CCCNC(=N)N)NC(=O)[C@@H](N)CCCNC(=N)N)C(N)=O. The molecule has 1 saturated heterocycles. The van der Waals surface area contributed by atoms with Gasteiger partial charge in [-0.15, -0.1) is 0 Å². The van der Waals surface area contributed by atoms with Gasteiger partial charge in [-0.3, -0.25) is 94.2 Å². The van der Waals surface area contributed by atoms with E-state index in [9.17, 15) is 58.2 Å². The first-order valence-corrected chi connectivity index (χ1v) is 48.7. The number of guanidine groups is 5. The third-order valence-electron chi connectivity index (χ3n) is 23.0. The molecule has 0 saturated carbocycles. The maximum absolute atomic E-state index is 15.5. The van der Waals surface area contributed by atoms with Gasteiger partial charge in [0.2, 0.25) is 82.7 Å². The summed E-state index contributed by atoms with van der Waals surface area (Å²) >= 11 is 8.71. The number of phenols is 2. The molecule has 0 aliphatic carbocycles. The van der Waals surface area contributed by atoms with Gasteiger partial charge in [0.25, 0.3) is 0 Å². The van der Waals surface area contributed by atoms with Crippen LogP contribution in [-0.2, 0) is 86.4 Å². The first-order valence-electron chi connectivity index (χ1n) is 47.4. The number of carbonyl (C=O) groups excluding carboxylic acids is 16. The van der Waals surface area contributed by atoms with Crippen LogP contribution in [0.25, 0.3) is 10.8 Å². The van der Waals surface area contributed by atoms with Crippen molar-refractivity contribution in [3.05, 3.63) is 108 Å². The number of thiol groups is 2. The van der Waals surface area contributed by atoms with Gasteiger partial charge in [-0.25, -0.2) is 9.59 Å². The number of benzene rings is 4. The van der Waals surface area contributed by atoms with Gasteiger partial charge < -0.3 is 173 Å². The summed E-state index contributed by atoms with van der Waals surface area (Å²) in [6.45, 7) is 0.0402. The maximum atomic E-state index is 15.5. The van der Waals surface area contributed by atoms with Crippen LogP contribution < -0.4 is 158 Å². The molecule has 5 rings (SSSR count). The molecular weight excluding hydrogens is 1920 g/mol. The van der Waals surface area contributed by atoms with Crippen LogP contribution in [0.2, 0.25) is 0 Å². The molecule has 14 atom stereocenters. The van der Waals surface area contributed by atoms with E-state index in [0.29, 0.717) is 23.1 Å². The number of hydrogen-bond acceptors (Lipinski definition) is 27. The van der Waals surface area contributed by atoms with Crippen LogP contribution in [0.5, 0.6) is 11.5 Å². The number of urea groups is 2. The predicted molar refractivity (Wildman–Crippen MR) is 546 cm³/mol. The number of aromatic hydroxyl groups is 2. The summed E-state index contributed by atoms with van der Waals surface area (Å²) in [6.07, 6.45) is -0.969. The fourth-order valence-corrected chi connectivity index (χ4v) is 15.8. The van der Waals surface area contributed by atoms with E-state index in [1.807, 2.05) is 18.2 Å². The van der Waals surface area contributed by atoms with Gasteiger partial charge in [0.1, 0.15) is 90.0 Å². The average molecular weight is 2070 g/mol. The standard InChI is InChI=1S/C90H143N35O18S2/c91-34-4-3-16-58(115-72(130)60(19-8-38-109-87(100)101)117-77(135)64(44-49-25-30-54(126)31-26-49)121-81(139)68(48-145)124-79(137)66(46-51-24-29-52-13-1-2-14-53(52)43-51)120-75(133)59(18-7-37-108-86(98)99)114-71(129)56(92)15-5-35-106-84(94)95)74(132)119-63(22-11-41-112-90(105)143)83(141)125-42-12-23-69(125)82(140)122-65(45-50-27-32-55(127)33-28-50)78(136)118-61(20-9-39-110-88(102)103)73(131)116-62(21-10-40-111-89(104)142)76(134)123-67(47-144)80(138)113-57(70(93)128)17-6-36-107-85(96)97/h1-2,13-14,24-33,43,56-69,126-127,144-145H,3-12,15-23,34-42,44-48,91-92H2,(H2,93,128)(H,113,138)(H,114,129)(H,115,130)(H,116,131)(H,117,135)(H,118,136)(H,119,132)(H,120,133)(H,121,139)(H,122,140)(H,123,134)(H,124,137)(H4,94,95,106)(H4,96,97,107)(H4,98,99,108)(H4,100,101,109)(H4,102,103,110)(H3,104,111,142)(H3,105,112,143)/t56-,57-,58-,59-,60-,61-,62-,63+,64-,65-,66-,67-,68-,69-/m0/s1. The zero-order chi connectivity index (χ0) is 107. The van der Waals surface area contributed by atoms with E-state index in [4.69, 9.17) is 84.4 Å². The van der Waals surface area contributed by atoms with Crippen LogP contribution >= 0.6 is 25.3 Å². The zero-order valence-electron chi connectivity index (χ0n) is 80.6. The minimum atomic E-state index is -1.66. The number of nitrogens with two attached hydrogens (primary N) is 10. The number of rotatable bonds is 66. The Morgan fingerprint density at radius 1 is 0.331 bits per heavy atom. The topological polar surface area (TPSA) is 925 Å². The molecular formula is C90H143N35O18S2. The zero-order valence-corrected chi connectivity index (χ0v) is 82.4. The van der Waals surface area contributed by atoms with Crippen molar-refractivity contribution in [1.82, 2.24) is 106 Å². The van der Waals surface area contributed by atoms with Crippen molar-refractivity contribution < 1.29 is 86.9 Å². The quantitative estimate of drug-likeness (QED) is 0.00845. The number of amides is 18. The van der Waals surface area contributed by atoms with E-state index in [2.05, 4.69) is 126 Å². The smallest absolute Gasteiger partial charge is 0.312 e. The van der Waals surface area contributed by atoms with E-state index in [-0.39, 0.29) is 229 Å². The van der Waals surface area contributed by atoms with E-state index in [1.54, 1.807) is 24.3 Å². The number of hydrogen-bond donors (Lipinski definition) is 38. The van der Waals surface area contributed by atoms with Crippen LogP contribution in [0.3, 0.4) is 0 Å². The second kappa shape index (κ2) is 64.4. The Morgan fingerprint density at radius 3 is 0.986 bits per heavy atom. The van der Waals surface area contributed by atoms with E-state index >= 15 is 28.8 Å². The maximum Gasteiger partial charge on any atom is 0.312 e. The van der Waals surface area contributed by atoms with Gasteiger partial charge in [0, 0.05) is 83.1 Å². The van der Waals surface area contributed by atoms with Gasteiger partial charge in [-0.2, -0.15) is 25.3 Å². The van der Waals surface area contributed by atoms with E-state index in [0.717, 1.165) is 15.7 Å². The lowest BCUT2D eigenvalue weighted by Gasteiger charge is -2.31. The van der Waals surface area contributed by atoms with Crippen molar-refractivity contribution in [1.29, 1.82) is 27.0 Å². The number of phenolic OH excluding ortho intramolecular Hbond substituents is 2. The molecule has 1 heterocycles. The highest BCUT2D eigenvalue weighted by Crippen LogP contribution is 2.24. The van der Waals surface area contributed by atoms with Crippen LogP contribution in [-0.4, -0.2) is 295 Å². The highest BCUT2D eigenvalue weighted by Gasteiger charge is 2.42. The lowest BCUT2D eigenvalue weighted by atomic mass is 10.00. The molecule has 53 nitrogen and oxygen atoms in total. The van der Waals surface area contributed by atoms with Gasteiger partial charge in [0.05, 0.1) is 6.04 Å². The molecule has 1 fully saturated rings. The van der Waals surface area contributed by atoms with Gasteiger partial charge in [0.15, 0.2) is 29.8 Å². The first-order chi connectivity index (χ1) is 69.0. The summed E-state index contributed by atoms with van der Waals surface area (Å²) in [5.41, 5.74) is 57.4. The molecule has 0 radical (unpaired) electrons. The molecule has 55 heteroatoms. The minimum Gasteiger partial charge on any atom is -0.508 e. The molecule has 46 N–H and O–H groups in total. The second-order valence-electron chi connectivity index (χ2n) is 34.5. The summed E-state index contributed by atoms with van der Waals surface area (Å²) in [5.74, 6) is -16.3. The Morgan fingerprint density at radius 2 is 0.621 bits per heavy atom. The van der Waals surface area contributed by atoms with Gasteiger partial charge >= 0.3 is 12.1 Å². The van der Waals surface area contributed by atoms with Crippen LogP contribution in [0.15, 0.2) is 91.0 Å². The number of likely N-dealkylation sites (tertiary alicyclic amines) is 1. The predicted octanol–water partition coefficient (Wildman–Crippen LogP) is -7.90. The largest absolute Gasteiger partial charge is 0.508 e. The van der Waals surface area contributed by atoms with Crippen molar-refractivity contribution in [3.63, 3.8) is 0 Å². The van der Waals surface area contributed by atoms with Gasteiger partial charge in [-0.1, -0.05) is 66.7 Å². The van der Waals surface area contributed by atoms with Crippen LogP contribution in [0.4, 0.5) is 9.59 Å². The number of carbonyl (C=O) groups is 16. The fourth-order valence-electron chi connectivity index (χ4n) is 15.3. The number of fused-ring (bicyclic) bond motifs is 1. The highest BCUT2D eigenvalue weighted by atomic mass is 32.1. The molecule has 4 aromatic carbocycles. The number of nitrogens with zero attached hydrogens (tertiary/aromatic N) is 1. The van der Waals surface area contributed by atoms with E-state index in [1.165, 1.54) is 48.5 Å². The Balaban J connectivity index is 1.49. The van der Waals surface area contributed by atoms with Crippen LogP contribution in [0, 0.1) is 27.0 Å². The highest BCUT2D eigenvalue weighted by molar-refractivity contribution is 7.80. The molecule has 798 valence electrons. The van der Waals surface area contributed by atoms with E-state index < -0.39 is 197 Å². The number of unbranched alkanes of at least 4 members (excludes halogenated alkanes) is 1. The molecule has 1 aliphatic rings. The summed E-state index contributed by atoms with van der Waals surface area (Å²) in [6, 6.07) is 0.750. The molecule has 0 aromatic heterocycles. The summed E-state index contributed by atoms with van der Waals surface area (Å²) in [5, 5.41) is 110. The molecule has 0 bridgehead atoms. The Bertz CT molecular complexity index is 5050. The summed E-state index contributed by atoms with van der Waals surface area (Å²) in [7, 11) is 0. The van der Waals surface area contributed by atoms with Crippen molar-refractivity contribution in [2.75, 3.05) is 70.4 Å². The Labute approximate surface area is 849 Å². The van der Waals surface area contributed by atoms with Crippen molar-refractivity contribution in [2.45, 2.75) is 226 Å². The molecule has 1 aliphatic heterocycles. The monoisotopic (exact) mass is 2070 g/mol. The average Bonchev–Trinajstić information content (AvgIpc) is 1.68. The normalized spacial score (nSPS) is 14.7. The summed E-state index contributed by atoms with van der Waals surface area (Å²) in [4.78, 5) is 230. The number of nitrogens with one attached hydrogen (secondary N) is 24. The fraction of sp³-hybridized carbons (Fsp3) is 0.522. The Kier molecular flexibility index (Phi) is 53.4. The van der Waals surface area contributed by atoms with Crippen molar-refractivity contribution >= 4 is 161 Å². The first kappa shape index (κ1) is 120. The third-order valence-corrected chi connectivity index (χ3v) is 23.7. The lowest BCUT2D eigenvalue weighted by molar-refractivity contribution is -0.142. The number of primary amides is 3. The lowest BCUT2D eigenvalue weighted by Crippen LogP contribution is -2.61. The Hall–Kier alpha value is -15.2. The molecule has 18 amide bonds. The summed E-state index contributed by atoms with van der Waals surface area (Å²) < 4.78 is 0. The van der Waals surface area contributed by atoms with Crippen LogP contribution in [0.1, 0.15) is 139 Å². The molecule has 0 unspecified atom stereocenters. The van der Waals surface area contributed by atoms with Gasteiger partial charge in [-0.05, 0) is 180 Å². The van der Waals surface area contributed by atoms with Crippen molar-refractivity contribution in [2.24, 2.45) is 57.3 Å². The third kappa shape index (κ3) is 45.8.